The van der Waals surface area contributed by atoms with Gasteiger partial charge in [-0.1, -0.05) is 24.9 Å². The van der Waals surface area contributed by atoms with Crippen molar-refractivity contribution in [1.82, 2.24) is 5.43 Å². The third kappa shape index (κ3) is 4.11. The number of anilines is 1. The molecule has 0 bridgehead atoms. The van der Waals surface area contributed by atoms with E-state index in [0.717, 1.165) is 17.7 Å². The summed E-state index contributed by atoms with van der Waals surface area (Å²) in [5.41, 5.74) is 8.48. The maximum absolute atomic E-state index is 11.6. The number of benzene rings is 1. The van der Waals surface area contributed by atoms with E-state index in [-0.39, 0.29) is 11.2 Å². The van der Waals surface area contributed by atoms with Gasteiger partial charge in [-0.3, -0.25) is 10.2 Å². The van der Waals surface area contributed by atoms with E-state index in [2.05, 4.69) is 5.43 Å². The smallest absolute Gasteiger partial charge is 0.247 e. The van der Waals surface area contributed by atoms with Crippen LogP contribution in [0.15, 0.2) is 23.1 Å². The van der Waals surface area contributed by atoms with Crippen LogP contribution in [-0.2, 0) is 4.79 Å². The fourth-order valence-electron chi connectivity index (χ4n) is 1.36. The first-order valence-electron chi connectivity index (χ1n) is 5.30. The SMILES string of the molecule is CCCC(Sc1cc(N)ccc1Cl)C(=O)NN. The highest BCUT2D eigenvalue weighted by molar-refractivity contribution is 8.00. The summed E-state index contributed by atoms with van der Waals surface area (Å²) in [6, 6.07) is 5.21. The zero-order valence-corrected chi connectivity index (χ0v) is 11.1. The second-order valence-electron chi connectivity index (χ2n) is 3.59. The molecule has 0 aliphatic rings. The van der Waals surface area contributed by atoms with Crippen LogP contribution in [0.25, 0.3) is 0 Å². The van der Waals surface area contributed by atoms with Crippen molar-refractivity contribution in [2.45, 2.75) is 29.9 Å². The van der Waals surface area contributed by atoms with Gasteiger partial charge in [-0.05, 0) is 24.6 Å². The predicted molar refractivity (Wildman–Crippen MR) is 72.7 cm³/mol. The van der Waals surface area contributed by atoms with Crippen molar-refractivity contribution in [1.29, 1.82) is 0 Å². The monoisotopic (exact) mass is 273 g/mol. The van der Waals surface area contributed by atoms with E-state index in [0.29, 0.717) is 10.7 Å². The zero-order chi connectivity index (χ0) is 12.8. The second kappa shape index (κ2) is 6.74. The molecule has 1 aromatic carbocycles. The van der Waals surface area contributed by atoms with Gasteiger partial charge in [0.1, 0.15) is 0 Å². The van der Waals surface area contributed by atoms with Gasteiger partial charge in [-0.15, -0.1) is 11.8 Å². The number of hydrogen-bond acceptors (Lipinski definition) is 4. The number of thioether (sulfide) groups is 1. The van der Waals surface area contributed by atoms with Crippen molar-refractivity contribution < 1.29 is 4.79 Å². The summed E-state index contributed by atoms with van der Waals surface area (Å²) in [4.78, 5) is 12.4. The molecule has 0 radical (unpaired) electrons. The highest BCUT2D eigenvalue weighted by Gasteiger charge is 2.19. The molecule has 0 saturated carbocycles. The first-order chi connectivity index (χ1) is 8.08. The van der Waals surface area contributed by atoms with E-state index < -0.39 is 0 Å². The molecule has 1 atom stereocenters. The summed E-state index contributed by atoms with van der Waals surface area (Å²) in [6.45, 7) is 2.01. The lowest BCUT2D eigenvalue weighted by Gasteiger charge is -2.15. The second-order valence-corrected chi connectivity index (χ2v) is 5.25. The van der Waals surface area contributed by atoms with E-state index in [1.807, 2.05) is 6.92 Å². The lowest BCUT2D eigenvalue weighted by molar-refractivity contribution is -0.120. The van der Waals surface area contributed by atoms with Crippen molar-refractivity contribution in [3.63, 3.8) is 0 Å². The number of nitrogens with one attached hydrogen (secondary N) is 1. The molecule has 0 aromatic heterocycles. The van der Waals surface area contributed by atoms with Crippen LogP contribution in [0.3, 0.4) is 0 Å². The molecule has 1 rings (SSSR count). The van der Waals surface area contributed by atoms with Crippen LogP contribution in [0.2, 0.25) is 5.02 Å². The van der Waals surface area contributed by atoms with E-state index in [9.17, 15) is 4.79 Å². The summed E-state index contributed by atoms with van der Waals surface area (Å²) >= 11 is 7.43. The number of rotatable bonds is 5. The first-order valence-corrected chi connectivity index (χ1v) is 6.56. The molecule has 0 heterocycles. The highest BCUT2D eigenvalue weighted by atomic mass is 35.5. The molecule has 1 amide bonds. The quantitative estimate of drug-likeness (QED) is 0.252. The minimum atomic E-state index is -0.246. The molecular weight excluding hydrogens is 258 g/mol. The van der Waals surface area contributed by atoms with Crippen molar-refractivity contribution in [2.75, 3.05) is 5.73 Å². The van der Waals surface area contributed by atoms with Gasteiger partial charge in [-0.25, -0.2) is 5.84 Å². The van der Waals surface area contributed by atoms with Crippen molar-refractivity contribution in [3.05, 3.63) is 23.2 Å². The fourth-order valence-corrected chi connectivity index (χ4v) is 2.83. The summed E-state index contributed by atoms with van der Waals surface area (Å²) in [5, 5.41) is 0.347. The largest absolute Gasteiger partial charge is 0.399 e. The maximum Gasteiger partial charge on any atom is 0.247 e. The topological polar surface area (TPSA) is 81.1 Å². The Balaban J connectivity index is 2.85. The molecule has 1 unspecified atom stereocenters. The average Bonchev–Trinajstić information content (AvgIpc) is 2.32. The van der Waals surface area contributed by atoms with Crippen molar-refractivity contribution >= 4 is 35.0 Å². The Hall–Kier alpha value is -0.910. The molecule has 0 aliphatic heterocycles. The van der Waals surface area contributed by atoms with Crippen LogP contribution in [0.4, 0.5) is 5.69 Å². The van der Waals surface area contributed by atoms with Gasteiger partial charge in [0, 0.05) is 10.6 Å². The first kappa shape index (κ1) is 14.2. The summed E-state index contributed by atoms with van der Waals surface area (Å²) in [5.74, 6) is 4.96. The lowest BCUT2D eigenvalue weighted by atomic mass is 10.2. The van der Waals surface area contributed by atoms with Crippen molar-refractivity contribution in [3.8, 4) is 0 Å². The molecule has 17 heavy (non-hydrogen) atoms. The van der Waals surface area contributed by atoms with Crippen LogP contribution in [0, 0.1) is 0 Å². The number of hydrogen-bond donors (Lipinski definition) is 3. The molecule has 5 N–H and O–H groups in total. The molecule has 0 saturated heterocycles. The van der Waals surface area contributed by atoms with E-state index in [1.54, 1.807) is 18.2 Å². The Labute approximate surface area is 110 Å². The van der Waals surface area contributed by atoms with Crippen molar-refractivity contribution in [2.24, 2.45) is 5.84 Å². The minimum Gasteiger partial charge on any atom is -0.399 e. The highest BCUT2D eigenvalue weighted by Crippen LogP contribution is 2.33. The van der Waals surface area contributed by atoms with Crippen LogP contribution in [0.1, 0.15) is 19.8 Å². The van der Waals surface area contributed by atoms with Crippen LogP contribution >= 0.6 is 23.4 Å². The van der Waals surface area contributed by atoms with E-state index in [1.165, 1.54) is 11.8 Å². The van der Waals surface area contributed by atoms with Crippen LogP contribution in [-0.4, -0.2) is 11.2 Å². The molecule has 0 fully saturated rings. The van der Waals surface area contributed by atoms with Gasteiger partial charge >= 0.3 is 0 Å². The Kier molecular flexibility index (Phi) is 5.61. The molecule has 0 spiro atoms. The number of carbonyl (C=O) groups is 1. The Morgan fingerprint density at radius 3 is 2.88 bits per heavy atom. The van der Waals surface area contributed by atoms with Crippen LogP contribution < -0.4 is 17.0 Å². The number of amides is 1. The molecule has 0 aliphatic carbocycles. The average molecular weight is 274 g/mol. The van der Waals surface area contributed by atoms with E-state index >= 15 is 0 Å². The lowest BCUT2D eigenvalue weighted by Crippen LogP contribution is -2.37. The zero-order valence-electron chi connectivity index (χ0n) is 9.57. The Morgan fingerprint density at radius 1 is 1.59 bits per heavy atom. The number of hydrazine groups is 1. The number of nitrogen functional groups attached to an aromatic ring is 1. The van der Waals surface area contributed by atoms with Gasteiger partial charge in [0.25, 0.3) is 0 Å². The summed E-state index contributed by atoms with van der Waals surface area (Å²) in [6.07, 6.45) is 1.63. The fraction of sp³-hybridized carbons (Fsp3) is 0.364. The normalized spacial score (nSPS) is 12.2. The standard InChI is InChI=1S/C11H16ClN3OS/c1-2-3-9(11(16)15-14)17-10-6-7(13)4-5-8(10)12/h4-6,9H,2-3,13-14H2,1H3,(H,15,16). The number of nitrogens with two attached hydrogens (primary N) is 2. The Bertz CT molecular complexity index is 400. The van der Waals surface area contributed by atoms with Gasteiger partial charge < -0.3 is 5.73 Å². The molecular formula is C11H16ClN3OS. The predicted octanol–water partition coefficient (Wildman–Crippen LogP) is 2.17. The third-order valence-electron chi connectivity index (χ3n) is 2.21. The van der Waals surface area contributed by atoms with Gasteiger partial charge in [0.2, 0.25) is 5.91 Å². The summed E-state index contributed by atoms with van der Waals surface area (Å²) < 4.78 is 0. The third-order valence-corrected chi connectivity index (χ3v) is 3.98. The molecule has 1 aromatic rings. The van der Waals surface area contributed by atoms with Crippen LogP contribution in [0.5, 0.6) is 0 Å². The Morgan fingerprint density at radius 2 is 2.29 bits per heavy atom. The van der Waals surface area contributed by atoms with E-state index in [4.69, 9.17) is 23.2 Å². The maximum atomic E-state index is 11.6. The van der Waals surface area contributed by atoms with Gasteiger partial charge in [-0.2, -0.15) is 0 Å². The summed E-state index contributed by atoms with van der Waals surface area (Å²) in [7, 11) is 0. The molecule has 6 heteroatoms. The minimum absolute atomic E-state index is 0.199. The molecule has 4 nitrogen and oxygen atoms in total. The molecule has 94 valence electrons. The number of halogens is 1. The van der Waals surface area contributed by atoms with Gasteiger partial charge in [0.05, 0.1) is 10.3 Å². The number of carbonyl (C=O) groups excluding carboxylic acids is 1. The van der Waals surface area contributed by atoms with Gasteiger partial charge in [0.15, 0.2) is 0 Å².